The van der Waals surface area contributed by atoms with Crippen LogP contribution >= 0.6 is 23.2 Å². The smallest absolute Gasteiger partial charge is 0.280 e. The number of nitrogens with zero attached hydrogens (tertiary/aromatic N) is 2. The maximum absolute atomic E-state index is 11.2. The summed E-state index contributed by atoms with van der Waals surface area (Å²) in [7, 11) is 0. The van der Waals surface area contributed by atoms with Crippen molar-refractivity contribution >= 4 is 40.5 Å². The zero-order valence-corrected chi connectivity index (χ0v) is 14.7. The van der Waals surface area contributed by atoms with Gasteiger partial charge in [-0.3, -0.25) is 10.1 Å². The summed E-state index contributed by atoms with van der Waals surface area (Å²) in [5, 5.41) is 21.3. The molecule has 0 fully saturated rings. The first-order valence-electron chi connectivity index (χ1n) is 7.40. The third-order valence-corrected chi connectivity index (χ3v) is 4.37. The molecule has 0 aliphatic rings. The highest BCUT2D eigenvalue weighted by Crippen LogP contribution is 2.32. The van der Waals surface area contributed by atoms with Crippen LogP contribution < -0.4 is 0 Å². The summed E-state index contributed by atoms with van der Waals surface area (Å²) in [5.74, 6) is 0.732. The van der Waals surface area contributed by atoms with Crippen molar-refractivity contribution in [1.82, 2.24) is 0 Å². The van der Waals surface area contributed by atoms with E-state index in [0.29, 0.717) is 38.3 Å². The average Bonchev–Trinajstić information content (AvgIpc) is 3.10. The first-order chi connectivity index (χ1) is 12.5. The van der Waals surface area contributed by atoms with E-state index in [4.69, 9.17) is 27.6 Å². The summed E-state index contributed by atoms with van der Waals surface area (Å²) in [6.07, 6.45) is 1.54. The number of para-hydroxylation sites is 1. The van der Waals surface area contributed by atoms with Gasteiger partial charge in [0.15, 0.2) is 0 Å². The first-order valence-corrected chi connectivity index (χ1v) is 8.16. The van der Waals surface area contributed by atoms with Gasteiger partial charge in [0.1, 0.15) is 11.5 Å². The van der Waals surface area contributed by atoms with Crippen molar-refractivity contribution in [1.29, 1.82) is 5.26 Å². The number of hydrogen-bond donors (Lipinski definition) is 0. The molecule has 0 bridgehead atoms. The molecule has 128 valence electrons. The minimum absolute atomic E-state index is 0.0534. The van der Waals surface area contributed by atoms with Crippen LogP contribution in [0.25, 0.3) is 23.0 Å². The van der Waals surface area contributed by atoms with Gasteiger partial charge < -0.3 is 4.42 Å². The minimum Gasteiger partial charge on any atom is -0.456 e. The lowest BCUT2D eigenvalue weighted by molar-refractivity contribution is -0.384. The summed E-state index contributed by atoms with van der Waals surface area (Å²) in [6.45, 7) is 0. The van der Waals surface area contributed by atoms with E-state index in [2.05, 4.69) is 6.07 Å². The standard InChI is InChI=1S/C19H10Cl2N2O3/c20-16-7-5-12(10-17(16)21)13(11-22)9-14-6-8-19(26-14)15-3-1-2-4-18(15)23(24)25/h1-10H/b13-9+. The van der Waals surface area contributed by atoms with E-state index < -0.39 is 4.92 Å². The minimum atomic E-state index is -0.468. The van der Waals surface area contributed by atoms with Crippen LogP contribution in [0.15, 0.2) is 59.0 Å². The topological polar surface area (TPSA) is 80.1 Å². The van der Waals surface area contributed by atoms with Crippen molar-refractivity contribution in [3.63, 3.8) is 0 Å². The quantitative estimate of drug-likeness (QED) is 0.303. The Bertz CT molecular complexity index is 1060. The molecule has 1 heterocycles. The fraction of sp³-hybridized carbons (Fsp3) is 0. The summed E-state index contributed by atoms with van der Waals surface area (Å²) in [6, 6.07) is 16.5. The van der Waals surface area contributed by atoms with Gasteiger partial charge in [0, 0.05) is 6.07 Å². The largest absolute Gasteiger partial charge is 0.456 e. The fourth-order valence-electron chi connectivity index (χ4n) is 2.40. The molecule has 0 saturated heterocycles. The molecule has 0 unspecified atom stereocenters. The molecular weight excluding hydrogens is 375 g/mol. The SMILES string of the molecule is N#C/C(=C\c1ccc(-c2ccccc2[N+](=O)[O-])o1)c1ccc(Cl)c(Cl)c1. The number of nitro benzene ring substituents is 1. The van der Waals surface area contributed by atoms with Gasteiger partial charge in [-0.1, -0.05) is 41.4 Å². The zero-order valence-electron chi connectivity index (χ0n) is 13.1. The summed E-state index contributed by atoms with van der Waals surface area (Å²) >= 11 is 11.9. The monoisotopic (exact) mass is 384 g/mol. The number of allylic oxidation sites excluding steroid dienone is 1. The number of nitriles is 1. The molecule has 0 aliphatic carbocycles. The van der Waals surface area contributed by atoms with Crippen molar-refractivity contribution in [2.24, 2.45) is 0 Å². The van der Waals surface area contributed by atoms with Crippen LogP contribution in [-0.2, 0) is 0 Å². The Morgan fingerprint density at radius 1 is 1.12 bits per heavy atom. The fourth-order valence-corrected chi connectivity index (χ4v) is 2.70. The Labute approximate surface area is 158 Å². The lowest BCUT2D eigenvalue weighted by atomic mass is 10.1. The molecule has 7 heteroatoms. The molecule has 3 aromatic rings. The predicted molar refractivity (Wildman–Crippen MR) is 101 cm³/mol. The van der Waals surface area contributed by atoms with Crippen LogP contribution in [0, 0.1) is 21.4 Å². The Balaban J connectivity index is 1.99. The van der Waals surface area contributed by atoms with E-state index in [1.165, 1.54) is 12.1 Å². The molecule has 2 aromatic carbocycles. The summed E-state index contributed by atoms with van der Waals surface area (Å²) in [4.78, 5) is 10.7. The Morgan fingerprint density at radius 2 is 1.88 bits per heavy atom. The second-order valence-electron chi connectivity index (χ2n) is 5.27. The van der Waals surface area contributed by atoms with Crippen LogP contribution in [0.2, 0.25) is 10.0 Å². The second kappa shape index (κ2) is 7.44. The Hall–Kier alpha value is -3.07. The highest BCUT2D eigenvalue weighted by atomic mass is 35.5. The van der Waals surface area contributed by atoms with E-state index in [1.807, 2.05) is 0 Å². The molecule has 5 nitrogen and oxygen atoms in total. The zero-order chi connectivity index (χ0) is 18.7. The third kappa shape index (κ3) is 3.62. The van der Waals surface area contributed by atoms with Crippen molar-refractivity contribution in [2.45, 2.75) is 0 Å². The van der Waals surface area contributed by atoms with Crippen LogP contribution in [0.4, 0.5) is 5.69 Å². The molecule has 0 aliphatic heterocycles. The maximum Gasteiger partial charge on any atom is 0.280 e. The van der Waals surface area contributed by atoms with E-state index in [1.54, 1.807) is 48.5 Å². The number of nitro groups is 1. The highest BCUT2D eigenvalue weighted by Gasteiger charge is 2.17. The molecule has 0 N–H and O–H groups in total. The van der Waals surface area contributed by atoms with E-state index >= 15 is 0 Å². The van der Waals surface area contributed by atoms with Crippen molar-refractivity contribution in [3.8, 4) is 17.4 Å². The summed E-state index contributed by atoms with van der Waals surface area (Å²) in [5.41, 5.74) is 1.23. The predicted octanol–water partition coefficient (Wildman–Crippen LogP) is 6.23. The molecular formula is C19H10Cl2N2O3. The van der Waals surface area contributed by atoms with Gasteiger partial charge in [-0.2, -0.15) is 5.26 Å². The van der Waals surface area contributed by atoms with Crippen LogP contribution in [-0.4, -0.2) is 4.92 Å². The van der Waals surface area contributed by atoms with Gasteiger partial charge in [0.2, 0.25) is 0 Å². The van der Waals surface area contributed by atoms with Crippen molar-refractivity contribution in [2.75, 3.05) is 0 Å². The molecule has 0 radical (unpaired) electrons. The molecule has 26 heavy (non-hydrogen) atoms. The number of halogens is 2. The van der Waals surface area contributed by atoms with Gasteiger partial charge in [0.05, 0.1) is 32.2 Å². The molecule has 0 atom stereocenters. The van der Waals surface area contributed by atoms with Crippen LogP contribution in [0.3, 0.4) is 0 Å². The number of furan rings is 1. The number of benzene rings is 2. The first kappa shape index (κ1) is 17.7. The molecule has 0 spiro atoms. The van der Waals surface area contributed by atoms with Crippen molar-refractivity contribution < 1.29 is 9.34 Å². The van der Waals surface area contributed by atoms with Crippen molar-refractivity contribution in [3.05, 3.63) is 86.1 Å². The maximum atomic E-state index is 11.2. The highest BCUT2D eigenvalue weighted by molar-refractivity contribution is 6.42. The lowest BCUT2D eigenvalue weighted by Crippen LogP contribution is -1.90. The lowest BCUT2D eigenvalue weighted by Gasteiger charge is -2.01. The Morgan fingerprint density at radius 3 is 2.58 bits per heavy atom. The van der Waals surface area contributed by atoms with Gasteiger partial charge in [-0.25, -0.2) is 0 Å². The normalized spacial score (nSPS) is 11.2. The second-order valence-corrected chi connectivity index (χ2v) is 6.09. The van der Waals surface area contributed by atoms with Crippen LogP contribution in [0.1, 0.15) is 11.3 Å². The molecule has 0 amide bonds. The van der Waals surface area contributed by atoms with E-state index in [0.717, 1.165) is 0 Å². The van der Waals surface area contributed by atoms with Crippen LogP contribution in [0.5, 0.6) is 0 Å². The Kier molecular flexibility index (Phi) is 5.08. The molecule has 0 saturated carbocycles. The third-order valence-electron chi connectivity index (χ3n) is 3.63. The molecule has 1 aromatic heterocycles. The van der Waals surface area contributed by atoms with E-state index in [9.17, 15) is 15.4 Å². The van der Waals surface area contributed by atoms with E-state index in [-0.39, 0.29) is 5.69 Å². The number of hydrogen-bond acceptors (Lipinski definition) is 4. The summed E-state index contributed by atoms with van der Waals surface area (Å²) < 4.78 is 5.68. The molecule has 3 rings (SSSR count). The van der Waals surface area contributed by atoms with Gasteiger partial charge in [-0.15, -0.1) is 0 Å². The van der Waals surface area contributed by atoms with Gasteiger partial charge in [0.25, 0.3) is 5.69 Å². The van der Waals surface area contributed by atoms with Gasteiger partial charge >= 0.3 is 0 Å². The number of rotatable bonds is 4. The average molecular weight is 385 g/mol. The van der Waals surface area contributed by atoms with Gasteiger partial charge in [-0.05, 0) is 42.0 Å².